The summed E-state index contributed by atoms with van der Waals surface area (Å²) in [5.41, 5.74) is 4.70. The summed E-state index contributed by atoms with van der Waals surface area (Å²) in [6.45, 7) is 2.43. The number of aromatic nitrogens is 3. The molecule has 5 rings (SSSR count). The average Bonchev–Trinajstić information content (AvgIpc) is 3.35. The zero-order valence-electron chi connectivity index (χ0n) is 18.0. The highest BCUT2D eigenvalue weighted by atomic mass is 32.1. The van der Waals surface area contributed by atoms with Gasteiger partial charge in [0.25, 0.3) is 0 Å². The van der Waals surface area contributed by atoms with Gasteiger partial charge in [0.05, 0.1) is 18.0 Å². The highest BCUT2D eigenvalue weighted by Gasteiger charge is 2.18. The summed E-state index contributed by atoms with van der Waals surface area (Å²) in [5, 5.41) is 13.7. The summed E-state index contributed by atoms with van der Waals surface area (Å²) in [6, 6.07) is 25.1. The van der Waals surface area contributed by atoms with E-state index < -0.39 is 0 Å². The summed E-state index contributed by atoms with van der Waals surface area (Å²) >= 11 is 1.57. The van der Waals surface area contributed by atoms with Crippen molar-refractivity contribution in [1.29, 1.82) is 0 Å². The molecule has 0 aliphatic rings. The molecule has 6 heteroatoms. The Morgan fingerprint density at radius 1 is 0.848 bits per heavy atom. The second-order valence-corrected chi connectivity index (χ2v) is 8.20. The van der Waals surface area contributed by atoms with E-state index in [0.29, 0.717) is 29.4 Å². The summed E-state index contributed by atoms with van der Waals surface area (Å²) in [5.74, 6) is 1.29. The van der Waals surface area contributed by atoms with Crippen molar-refractivity contribution in [2.75, 3.05) is 6.61 Å². The molecule has 33 heavy (non-hydrogen) atoms. The third-order valence-electron chi connectivity index (χ3n) is 5.16. The Hall–Kier alpha value is -4.03. The number of aromatic hydroxyl groups is 1. The Kier molecular flexibility index (Phi) is 5.83. The van der Waals surface area contributed by atoms with E-state index in [9.17, 15) is 5.11 Å². The van der Waals surface area contributed by atoms with E-state index >= 15 is 0 Å². The lowest BCUT2D eigenvalue weighted by molar-refractivity contribution is 0.338. The van der Waals surface area contributed by atoms with Crippen molar-refractivity contribution in [3.05, 3.63) is 90.4 Å². The van der Waals surface area contributed by atoms with Crippen LogP contribution in [-0.2, 0) is 0 Å². The van der Waals surface area contributed by atoms with E-state index in [4.69, 9.17) is 14.7 Å². The molecule has 0 aliphatic heterocycles. The molecule has 0 saturated heterocycles. The molecule has 0 unspecified atom stereocenters. The molecule has 3 aromatic carbocycles. The quantitative estimate of drug-likeness (QED) is 0.311. The van der Waals surface area contributed by atoms with Crippen LogP contribution in [0.1, 0.15) is 6.92 Å². The number of ether oxygens (including phenoxy) is 1. The standard InChI is InChI=1S/C27H21N3O2S/c1-2-32-20-13-14-21(24(31)15-20)25-22(16-28-26(30-25)18-9-5-3-6-10-18)23-17-33-27(29-23)19-11-7-4-8-12-19/h3-17,31H,2H2,1H3. The monoisotopic (exact) mass is 451 g/mol. The first kappa shape index (κ1) is 20.8. The first-order valence-corrected chi connectivity index (χ1v) is 11.5. The second kappa shape index (κ2) is 9.22. The lowest BCUT2D eigenvalue weighted by Crippen LogP contribution is -1.97. The van der Waals surface area contributed by atoms with E-state index in [0.717, 1.165) is 27.4 Å². The van der Waals surface area contributed by atoms with Gasteiger partial charge in [0.15, 0.2) is 5.82 Å². The normalized spacial score (nSPS) is 10.8. The first-order valence-electron chi connectivity index (χ1n) is 10.6. The Morgan fingerprint density at radius 3 is 2.27 bits per heavy atom. The summed E-state index contributed by atoms with van der Waals surface area (Å²) in [7, 11) is 0. The lowest BCUT2D eigenvalue weighted by Gasteiger charge is -2.12. The zero-order valence-corrected chi connectivity index (χ0v) is 18.8. The number of nitrogens with zero attached hydrogens (tertiary/aromatic N) is 3. The van der Waals surface area contributed by atoms with Gasteiger partial charge in [-0.3, -0.25) is 0 Å². The number of benzene rings is 3. The van der Waals surface area contributed by atoms with E-state index in [1.807, 2.05) is 85.1 Å². The fourth-order valence-electron chi connectivity index (χ4n) is 3.58. The molecule has 0 bridgehead atoms. The molecule has 5 nitrogen and oxygen atoms in total. The van der Waals surface area contributed by atoms with Gasteiger partial charge >= 0.3 is 0 Å². The summed E-state index contributed by atoms with van der Waals surface area (Å²) in [6.07, 6.45) is 1.78. The molecule has 0 amide bonds. The van der Waals surface area contributed by atoms with Gasteiger partial charge in [-0.15, -0.1) is 11.3 Å². The molecule has 2 heterocycles. The molecule has 0 aliphatic carbocycles. The topological polar surface area (TPSA) is 68.1 Å². The minimum atomic E-state index is 0.0958. The fraction of sp³-hybridized carbons (Fsp3) is 0.0741. The predicted octanol–water partition coefficient (Wildman–Crippen LogP) is 6.71. The van der Waals surface area contributed by atoms with Crippen molar-refractivity contribution in [1.82, 2.24) is 15.0 Å². The molecular formula is C27H21N3O2S. The third-order valence-corrected chi connectivity index (χ3v) is 6.05. The molecule has 1 N–H and O–H groups in total. The fourth-order valence-corrected chi connectivity index (χ4v) is 4.41. The van der Waals surface area contributed by atoms with Gasteiger partial charge in [0.2, 0.25) is 0 Å². The van der Waals surface area contributed by atoms with Gasteiger partial charge in [-0.05, 0) is 19.1 Å². The van der Waals surface area contributed by atoms with Crippen LogP contribution in [0.25, 0.3) is 44.5 Å². The molecule has 0 fully saturated rings. The Morgan fingerprint density at radius 2 is 1.58 bits per heavy atom. The van der Waals surface area contributed by atoms with Gasteiger partial charge in [-0.25, -0.2) is 15.0 Å². The smallest absolute Gasteiger partial charge is 0.159 e. The maximum Gasteiger partial charge on any atom is 0.159 e. The van der Waals surface area contributed by atoms with E-state index in [2.05, 4.69) is 4.98 Å². The number of rotatable bonds is 6. The first-order chi connectivity index (χ1) is 16.2. The van der Waals surface area contributed by atoms with Crippen molar-refractivity contribution in [2.24, 2.45) is 0 Å². The summed E-state index contributed by atoms with van der Waals surface area (Å²) in [4.78, 5) is 14.3. The van der Waals surface area contributed by atoms with E-state index in [-0.39, 0.29) is 5.75 Å². The highest BCUT2D eigenvalue weighted by molar-refractivity contribution is 7.13. The highest BCUT2D eigenvalue weighted by Crippen LogP contribution is 2.39. The molecular weight excluding hydrogens is 430 g/mol. The Labute approximate surface area is 196 Å². The minimum absolute atomic E-state index is 0.0958. The van der Waals surface area contributed by atoms with Gasteiger partial charge in [-0.1, -0.05) is 60.7 Å². The molecule has 0 spiro atoms. The molecule has 5 aromatic rings. The van der Waals surface area contributed by atoms with Crippen LogP contribution in [0.5, 0.6) is 11.5 Å². The number of hydrogen-bond acceptors (Lipinski definition) is 6. The maximum atomic E-state index is 10.8. The van der Waals surface area contributed by atoms with Crippen LogP contribution in [0.4, 0.5) is 0 Å². The second-order valence-electron chi connectivity index (χ2n) is 7.34. The Balaban J connectivity index is 1.65. The molecule has 0 atom stereocenters. The number of phenols is 1. The molecule has 2 aromatic heterocycles. The number of thiazole rings is 1. The maximum absolute atomic E-state index is 10.8. The van der Waals surface area contributed by atoms with Crippen LogP contribution in [-0.4, -0.2) is 26.7 Å². The zero-order chi connectivity index (χ0) is 22.6. The molecule has 162 valence electrons. The minimum Gasteiger partial charge on any atom is -0.507 e. The predicted molar refractivity (Wildman–Crippen MR) is 132 cm³/mol. The van der Waals surface area contributed by atoms with Crippen LogP contribution in [0.3, 0.4) is 0 Å². The van der Waals surface area contributed by atoms with Crippen molar-refractivity contribution < 1.29 is 9.84 Å². The van der Waals surface area contributed by atoms with Gasteiger partial charge in [0.1, 0.15) is 16.5 Å². The third kappa shape index (κ3) is 4.33. The molecule has 0 radical (unpaired) electrons. The van der Waals surface area contributed by atoms with Crippen LogP contribution < -0.4 is 4.74 Å². The van der Waals surface area contributed by atoms with Crippen molar-refractivity contribution in [3.63, 3.8) is 0 Å². The van der Waals surface area contributed by atoms with Gasteiger partial charge in [-0.2, -0.15) is 0 Å². The van der Waals surface area contributed by atoms with Crippen LogP contribution in [0.15, 0.2) is 90.4 Å². The number of phenolic OH excluding ortho intramolecular Hbond substituents is 1. The average molecular weight is 452 g/mol. The van der Waals surface area contributed by atoms with Crippen molar-refractivity contribution in [3.8, 4) is 56.0 Å². The summed E-state index contributed by atoms with van der Waals surface area (Å²) < 4.78 is 5.53. The molecule has 0 saturated carbocycles. The van der Waals surface area contributed by atoms with Crippen LogP contribution >= 0.6 is 11.3 Å². The van der Waals surface area contributed by atoms with Crippen LogP contribution in [0.2, 0.25) is 0 Å². The van der Waals surface area contributed by atoms with Crippen molar-refractivity contribution in [2.45, 2.75) is 6.92 Å². The van der Waals surface area contributed by atoms with Gasteiger partial charge < -0.3 is 9.84 Å². The lowest BCUT2D eigenvalue weighted by atomic mass is 10.0. The van der Waals surface area contributed by atoms with E-state index in [1.165, 1.54) is 0 Å². The van der Waals surface area contributed by atoms with Gasteiger partial charge in [0, 0.05) is 39.9 Å². The largest absolute Gasteiger partial charge is 0.507 e. The Bertz CT molecular complexity index is 1390. The van der Waals surface area contributed by atoms with Crippen molar-refractivity contribution >= 4 is 11.3 Å². The number of hydrogen-bond donors (Lipinski definition) is 1. The SMILES string of the molecule is CCOc1ccc(-c2nc(-c3ccccc3)ncc2-c2csc(-c3ccccc3)n2)c(O)c1. The van der Waals surface area contributed by atoms with E-state index in [1.54, 1.807) is 23.6 Å². The van der Waals surface area contributed by atoms with Crippen LogP contribution in [0, 0.1) is 0 Å².